The maximum atomic E-state index is 6.40. The van der Waals surface area contributed by atoms with Crippen LogP contribution < -0.4 is 5.73 Å². The summed E-state index contributed by atoms with van der Waals surface area (Å²) in [7, 11) is 0. The Morgan fingerprint density at radius 1 is 0.842 bits per heavy atom. The quantitative estimate of drug-likeness (QED) is 0.760. The minimum atomic E-state index is -0.120. The minimum absolute atomic E-state index is 0.120. The first kappa shape index (κ1) is 14.8. The molecular formula is C16H17Br2N. The Balaban J connectivity index is 2.46. The molecule has 0 spiro atoms. The number of hydrogen-bond donors (Lipinski definition) is 1. The van der Waals surface area contributed by atoms with Crippen molar-refractivity contribution in [2.45, 2.75) is 26.8 Å². The number of benzene rings is 2. The van der Waals surface area contributed by atoms with Gasteiger partial charge in [0.05, 0.1) is 6.04 Å². The fourth-order valence-electron chi connectivity index (χ4n) is 2.04. The van der Waals surface area contributed by atoms with Gasteiger partial charge in [-0.2, -0.15) is 0 Å². The maximum Gasteiger partial charge on any atom is 0.0563 e. The molecule has 0 radical (unpaired) electrons. The third kappa shape index (κ3) is 3.10. The van der Waals surface area contributed by atoms with Crippen LogP contribution >= 0.6 is 31.9 Å². The molecule has 0 amide bonds. The first-order valence-electron chi connectivity index (χ1n) is 6.18. The lowest BCUT2D eigenvalue weighted by atomic mass is 9.96. The van der Waals surface area contributed by atoms with Crippen LogP contribution in [-0.2, 0) is 0 Å². The van der Waals surface area contributed by atoms with E-state index in [9.17, 15) is 0 Å². The molecule has 1 nitrogen and oxygen atoms in total. The summed E-state index contributed by atoms with van der Waals surface area (Å²) in [5, 5.41) is 0. The highest BCUT2D eigenvalue weighted by Gasteiger charge is 2.14. The number of halogens is 2. The van der Waals surface area contributed by atoms with E-state index in [1.54, 1.807) is 0 Å². The summed E-state index contributed by atoms with van der Waals surface area (Å²) in [5.74, 6) is 0. The highest BCUT2D eigenvalue weighted by atomic mass is 79.9. The van der Waals surface area contributed by atoms with Crippen LogP contribution in [0.4, 0.5) is 0 Å². The summed E-state index contributed by atoms with van der Waals surface area (Å²) in [6.07, 6.45) is 0. The predicted molar refractivity (Wildman–Crippen MR) is 88.5 cm³/mol. The second-order valence-electron chi connectivity index (χ2n) is 4.94. The van der Waals surface area contributed by atoms with Crippen LogP contribution in [0, 0.1) is 20.8 Å². The van der Waals surface area contributed by atoms with E-state index >= 15 is 0 Å². The van der Waals surface area contributed by atoms with E-state index in [4.69, 9.17) is 5.73 Å². The van der Waals surface area contributed by atoms with Crippen molar-refractivity contribution in [1.29, 1.82) is 0 Å². The number of aryl methyl sites for hydroxylation is 3. The molecule has 2 N–H and O–H groups in total. The highest BCUT2D eigenvalue weighted by molar-refractivity contribution is 9.11. The minimum Gasteiger partial charge on any atom is -0.320 e. The van der Waals surface area contributed by atoms with Crippen molar-refractivity contribution in [2.24, 2.45) is 5.73 Å². The molecule has 2 aromatic rings. The molecule has 0 saturated heterocycles. The van der Waals surface area contributed by atoms with Gasteiger partial charge in [-0.25, -0.2) is 0 Å². The van der Waals surface area contributed by atoms with Gasteiger partial charge >= 0.3 is 0 Å². The zero-order valence-electron chi connectivity index (χ0n) is 11.3. The average Bonchev–Trinajstić information content (AvgIpc) is 2.36. The SMILES string of the molecule is Cc1ccc(C(N)c2cc(Br)c(C)cc2Br)cc1C. The zero-order valence-corrected chi connectivity index (χ0v) is 14.5. The van der Waals surface area contributed by atoms with E-state index < -0.39 is 0 Å². The van der Waals surface area contributed by atoms with Crippen molar-refractivity contribution in [3.63, 3.8) is 0 Å². The van der Waals surface area contributed by atoms with E-state index in [1.807, 2.05) is 0 Å². The molecule has 1 atom stereocenters. The van der Waals surface area contributed by atoms with E-state index in [-0.39, 0.29) is 6.04 Å². The lowest BCUT2D eigenvalue weighted by molar-refractivity contribution is 0.861. The van der Waals surface area contributed by atoms with Gasteiger partial charge < -0.3 is 5.73 Å². The molecule has 19 heavy (non-hydrogen) atoms. The van der Waals surface area contributed by atoms with Gasteiger partial charge in [0, 0.05) is 8.95 Å². The van der Waals surface area contributed by atoms with Crippen LogP contribution in [0.15, 0.2) is 39.3 Å². The molecule has 0 heterocycles. The Bertz CT molecular complexity index is 620. The van der Waals surface area contributed by atoms with Gasteiger partial charge in [-0.15, -0.1) is 0 Å². The standard InChI is InChI=1S/C16H17Br2N/c1-9-4-5-12(6-10(9)2)16(19)13-8-14(17)11(3)7-15(13)18/h4-8,16H,19H2,1-3H3. The fraction of sp³-hybridized carbons (Fsp3) is 0.250. The Kier molecular flexibility index (Phi) is 4.49. The first-order valence-corrected chi connectivity index (χ1v) is 7.77. The Labute approximate surface area is 131 Å². The van der Waals surface area contributed by atoms with Crippen LogP contribution in [0.5, 0.6) is 0 Å². The Morgan fingerprint density at radius 2 is 1.53 bits per heavy atom. The molecule has 3 heteroatoms. The number of rotatable bonds is 2. The molecule has 100 valence electrons. The predicted octanol–water partition coefficient (Wildman–Crippen LogP) is 5.18. The van der Waals surface area contributed by atoms with Gasteiger partial charge in [0.15, 0.2) is 0 Å². The zero-order chi connectivity index (χ0) is 14.2. The summed E-state index contributed by atoms with van der Waals surface area (Å²) >= 11 is 7.18. The molecular weight excluding hydrogens is 366 g/mol. The summed E-state index contributed by atoms with van der Waals surface area (Å²) < 4.78 is 2.14. The molecule has 0 bridgehead atoms. The van der Waals surface area contributed by atoms with Crippen LogP contribution in [0.2, 0.25) is 0 Å². The molecule has 2 rings (SSSR count). The smallest absolute Gasteiger partial charge is 0.0563 e. The Morgan fingerprint density at radius 3 is 2.16 bits per heavy atom. The second kappa shape index (κ2) is 5.78. The largest absolute Gasteiger partial charge is 0.320 e. The van der Waals surface area contributed by atoms with Crippen molar-refractivity contribution in [2.75, 3.05) is 0 Å². The Hall–Kier alpha value is -0.640. The van der Waals surface area contributed by atoms with Gasteiger partial charge in [-0.1, -0.05) is 50.1 Å². The topological polar surface area (TPSA) is 26.0 Å². The highest BCUT2D eigenvalue weighted by Crippen LogP contribution is 2.32. The average molecular weight is 383 g/mol. The first-order chi connectivity index (χ1) is 8.90. The molecule has 2 aromatic carbocycles. The maximum absolute atomic E-state index is 6.40. The van der Waals surface area contributed by atoms with Crippen molar-refractivity contribution in [3.05, 3.63) is 67.1 Å². The van der Waals surface area contributed by atoms with Gasteiger partial charge in [0.2, 0.25) is 0 Å². The summed E-state index contributed by atoms with van der Waals surface area (Å²) in [6, 6.07) is 10.5. The molecule has 0 saturated carbocycles. The van der Waals surface area contributed by atoms with E-state index in [1.165, 1.54) is 16.7 Å². The lowest BCUT2D eigenvalue weighted by Gasteiger charge is -2.17. The number of nitrogens with two attached hydrogens (primary N) is 1. The van der Waals surface area contributed by atoms with E-state index in [2.05, 4.69) is 83.0 Å². The van der Waals surface area contributed by atoms with Crippen LogP contribution in [-0.4, -0.2) is 0 Å². The fourth-order valence-corrected chi connectivity index (χ4v) is 3.10. The van der Waals surface area contributed by atoms with Gasteiger partial charge in [0.25, 0.3) is 0 Å². The van der Waals surface area contributed by atoms with Crippen molar-refractivity contribution >= 4 is 31.9 Å². The summed E-state index contributed by atoms with van der Waals surface area (Å²) in [5.41, 5.74) is 12.4. The van der Waals surface area contributed by atoms with E-state index in [0.717, 1.165) is 20.1 Å². The van der Waals surface area contributed by atoms with Crippen LogP contribution in [0.3, 0.4) is 0 Å². The molecule has 0 aliphatic heterocycles. The van der Waals surface area contributed by atoms with Crippen molar-refractivity contribution in [3.8, 4) is 0 Å². The monoisotopic (exact) mass is 381 g/mol. The molecule has 0 fully saturated rings. The molecule has 0 aromatic heterocycles. The third-order valence-corrected chi connectivity index (χ3v) is 5.04. The van der Waals surface area contributed by atoms with Crippen LogP contribution in [0.1, 0.15) is 33.9 Å². The summed E-state index contributed by atoms with van der Waals surface area (Å²) in [6.45, 7) is 6.30. The second-order valence-corrected chi connectivity index (χ2v) is 6.65. The molecule has 1 unspecified atom stereocenters. The summed E-state index contributed by atoms with van der Waals surface area (Å²) in [4.78, 5) is 0. The molecule has 0 aliphatic carbocycles. The van der Waals surface area contributed by atoms with Crippen molar-refractivity contribution in [1.82, 2.24) is 0 Å². The normalized spacial score (nSPS) is 12.5. The number of hydrogen-bond acceptors (Lipinski definition) is 1. The van der Waals surface area contributed by atoms with Gasteiger partial charge in [-0.05, 0) is 60.7 Å². The van der Waals surface area contributed by atoms with E-state index in [0.29, 0.717) is 0 Å². The third-order valence-electron chi connectivity index (χ3n) is 3.50. The van der Waals surface area contributed by atoms with Crippen molar-refractivity contribution < 1.29 is 0 Å². The lowest BCUT2D eigenvalue weighted by Crippen LogP contribution is -2.13. The molecule has 0 aliphatic rings. The van der Waals surface area contributed by atoms with Gasteiger partial charge in [-0.3, -0.25) is 0 Å². The van der Waals surface area contributed by atoms with Gasteiger partial charge in [0.1, 0.15) is 0 Å². The van der Waals surface area contributed by atoms with Crippen LogP contribution in [0.25, 0.3) is 0 Å².